The fraction of sp³-hybridized carbons (Fsp3) is 0.200. The van der Waals surface area contributed by atoms with Crippen LogP contribution in [0.5, 0.6) is 0 Å². The minimum absolute atomic E-state index is 0.292. The molecule has 0 aliphatic carbocycles. The quantitative estimate of drug-likeness (QED) is 0.345. The summed E-state index contributed by atoms with van der Waals surface area (Å²) in [4.78, 5) is 15.7. The summed E-state index contributed by atoms with van der Waals surface area (Å²) in [5, 5.41) is 5.45. The van der Waals surface area contributed by atoms with Crippen molar-refractivity contribution >= 4 is 17.4 Å². The first-order chi connectivity index (χ1) is 8.17. The SMILES string of the molecule is CN/C=C(\NNC)C(=O)Nc1ccnc(N)c1. The number of amides is 1. The zero-order valence-electron chi connectivity index (χ0n) is 9.74. The van der Waals surface area contributed by atoms with Crippen molar-refractivity contribution in [3.8, 4) is 0 Å². The third-order valence-electron chi connectivity index (χ3n) is 1.83. The summed E-state index contributed by atoms with van der Waals surface area (Å²) in [5.74, 6) is 0.0582. The van der Waals surface area contributed by atoms with E-state index in [-0.39, 0.29) is 5.91 Å². The first kappa shape index (κ1) is 12.8. The molecule has 0 fully saturated rings. The molecule has 0 aliphatic rings. The van der Waals surface area contributed by atoms with Crippen LogP contribution in [0.15, 0.2) is 30.2 Å². The number of hydrogen-bond donors (Lipinski definition) is 5. The highest BCUT2D eigenvalue weighted by molar-refractivity contribution is 6.03. The summed E-state index contributed by atoms with van der Waals surface area (Å²) in [6, 6.07) is 3.24. The molecule has 0 saturated heterocycles. The van der Waals surface area contributed by atoms with E-state index in [0.717, 1.165) is 0 Å². The molecule has 7 nitrogen and oxygen atoms in total. The number of nitrogen functional groups attached to an aromatic ring is 1. The maximum Gasteiger partial charge on any atom is 0.274 e. The summed E-state index contributed by atoms with van der Waals surface area (Å²) < 4.78 is 0. The van der Waals surface area contributed by atoms with Gasteiger partial charge in [0.05, 0.1) is 0 Å². The Bertz CT molecular complexity index is 417. The zero-order valence-corrected chi connectivity index (χ0v) is 9.74. The lowest BCUT2D eigenvalue weighted by Gasteiger charge is -2.10. The van der Waals surface area contributed by atoms with Crippen LogP contribution in [0.4, 0.5) is 11.5 Å². The Hall–Kier alpha value is -2.28. The van der Waals surface area contributed by atoms with Crippen LogP contribution < -0.4 is 27.2 Å². The van der Waals surface area contributed by atoms with Crippen molar-refractivity contribution in [2.24, 2.45) is 0 Å². The summed E-state index contributed by atoms with van der Waals surface area (Å²) in [5.41, 5.74) is 11.8. The molecule has 0 spiro atoms. The van der Waals surface area contributed by atoms with Crippen molar-refractivity contribution in [1.29, 1.82) is 0 Å². The van der Waals surface area contributed by atoms with Crippen molar-refractivity contribution in [2.45, 2.75) is 0 Å². The Morgan fingerprint density at radius 2 is 2.24 bits per heavy atom. The minimum Gasteiger partial charge on any atom is -0.392 e. The molecule has 0 atom stereocenters. The van der Waals surface area contributed by atoms with Crippen molar-refractivity contribution in [1.82, 2.24) is 21.2 Å². The average Bonchev–Trinajstić information content (AvgIpc) is 2.28. The van der Waals surface area contributed by atoms with Crippen molar-refractivity contribution < 1.29 is 4.79 Å². The third kappa shape index (κ3) is 3.99. The summed E-state index contributed by atoms with van der Waals surface area (Å²) in [6.45, 7) is 0. The minimum atomic E-state index is -0.292. The third-order valence-corrected chi connectivity index (χ3v) is 1.83. The van der Waals surface area contributed by atoms with Crippen LogP contribution in [-0.4, -0.2) is 25.0 Å². The van der Waals surface area contributed by atoms with Crippen LogP contribution >= 0.6 is 0 Å². The van der Waals surface area contributed by atoms with Gasteiger partial charge in [-0.15, -0.1) is 0 Å². The number of anilines is 2. The maximum atomic E-state index is 11.8. The van der Waals surface area contributed by atoms with Gasteiger partial charge in [0.1, 0.15) is 11.5 Å². The molecule has 0 aliphatic heterocycles. The van der Waals surface area contributed by atoms with Gasteiger partial charge in [-0.25, -0.2) is 10.4 Å². The lowest BCUT2D eigenvalue weighted by Crippen LogP contribution is -2.34. The number of carbonyl (C=O) groups excluding carboxylic acids is 1. The molecule has 0 unspecified atom stereocenters. The van der Waals surface area contributed by atoms with E-state index >= 15 is 0 Å². The fourth-order valence-corrected chi connectivity index (χ4v) is 1.16. The topological polar surface area (TPSA) is 104 Å². The van der Waals surface area contributed by atoms with Crippen molar-refractivity contribution in [3.63, 3.8) is 0 Å². The molecule has 1 aromatic heterocycles. The second-order valence-electron chi connectivity index (χ2n) is 3.15. The zero-order chi connectivity index (χ0) is 12.7. The number of nitrogens with two attached hydrogens (primary N) is 1. The summed E-state index contributed by atoms with van der Waals surface area (Å²) in [7, 11) is 3.37. The standard InChI is InChI=1S/C10H16N6O/c1-12-6-8(16-13-2)10(17)15-7-3-4-14-9(11)5-7/h3-6,12-13,16H,1-2H3,(H3,11,14,15,17)/b8-6-. The maximum absolute atomic E-state index is 11.8. The van der Waals surface area contributed by atoms with Gasteiger partial charge in [0, 0.05) is 38.2 Å². The monoisotopic (exact) mass is 236 g/mol. The molecule has 7 heteroatoms. The van der Waals surface area contributed by atoms with Crippen LogP contribution in [0.25, 0.3) is 0 Å². The lowest BCUT2D eigenvalue weighted by atomic mass is 10.3. The summed E-state index contributed by atoms with van der Waals surface area (Å²) in [6.07, 6.45) is 3.06. The molecule has 1 amide bonds. The van der Waals surface area contributed by atoms with Crippen LogP contribution in [0.1, 0.15) is 0 Å². The molecule has 1 rings (SSSR count). The number of hydrogen-bond acceptors (Lipinski definition) is 6. The largest absolute Gasteiger partial charge is 0.392 e. The number of rotatable bonds is 5. The molecular weight excluding hydrogens is 220 g/mol. The number of nitrogens with one attached hydrogen (secondary N) is 4. The second-order valence-corrected chi connectivity index (χ2v) is 3.15. The van der Waals surface area contributed by atoms with Crippen molar-refractivity contribution in [2.75, 3.05) is 25.1 Å². The van der Waals surface area contributed by atoms with Gasteiger partial charge in [-0.2, -0.15) is 0 Å². The smallest absolute Gasteiger partial charge is 0.274 e. The number of pyridine rings is 1. The highest BCUT2D eigenvalue weighted by Crippen LogP contribution is 2.09. The Morgan fingerprint density at radius 3 is 2.82 bits per heavy atom. The first-order valence-electron chi connectivity index (χ1n) is 5.00. The summed E-state index contributed by atoms with van der Waals surface area (Å²) >= 11 is 0. The van der Waals surface area contributed by atoms with Gasteiger partial charge in [0.25, 0.3) is 5.91 Å². The van der Waals surface area contributed by atoms with E-state index in [4.69, 9.17) is 5.73 Å². The van der Waals surface area contributed by atoms with Gasteiger partial charge in [0.15, 0.2) is 0 Å². The molecule has 17 heavy (non-hydrogen) atoms. The Balaban J connectivity index is 2.73. The van der Waals surface area contributed by atoms with Crippen LogP contribution in [-0.2, 0) is 4.79 Å². The molecule has 0 aromatic carbocycles. The molecular formula is C10H16N6O. The molecule has 92 valence electrons. The Morgan fingerprint density at radius 1 is 1.47 bits per heavy atom. The van der Waals surface area contributed by atoms with Gasteiger partial charge in [0.2, 0.25) is 0 Å². The average molecular weight is 236 g/mol. The van der Waals surface area contributed by atoms with Gasteiger partial charge < -0.3 is 21.8 Å². The molecule has 0 bridgehead atoms. The highest BCUT2D eigenvalue weighted by Gasteiger charge is 2.08. The van der Waals surface area contributed by atoms with E-state index < -0.39 is 0 Å². The van der Waals surface area contributed by atoms with Gasteiger partial charge in [-0.05, 0) is 6.07 Å². The molecule has 1 heterocycles. The second kappa shape index (κ2) is 6.33. The lowest BCUT2D eigenvalue weighted by molar-refractivity contribution is -0.113. The number of nitrogens with zero attached hydrogens (tertiary/aromatic N) is 1. The molecule has 0 radical (unpaired) electrons. The first-order valence-corrected chi connectivity index (χ1v) is 5.00. The molecule has 0 saturated carbocycles. The fourth-order valence-electron chi connectivity index (χ4n) is 1.16. The normalized spacial score (nSPS) is 10.8. The molecule has 1 aromatic rings. The predicted molar refractivity (Wildman–Crippen MR) is 66.6 cm³/mol. The van der Waals surface area contributed by atoms with Gasteiger partial charge in [-0.1, -0.05) is 0 Å². The van der Waals surface area contributed by atoms with E-state index in [1.54, 1.807) is 26.2 Å². The van der Waals surface area contributed by atoms with Crippen LogP contribution in [0.3, 0.4) is 0 Å². The van der Waals surface area contributed by atoms with E-state index in [0.29, 0.717) is 17.2 Å². The van der Waals surface area contributed by atoms with E-state index in [9.17, 15) is 4.79 Å². The van der Waals surface area contributed by atoms with E-state index in [1.165, 1.54) is 12.4 Å². The predicted octanol–water partition coefficient (Wildman–Crippen LogP) is -0.613. The Labute approximate surface area is 99.5 Å². The van der Waals surface area contributed by atoms with Crippen LogP contribution in [0, 0.1) is 0 Å². The molecule has 6 N–H and O–H groups in total. The van der Waals surface area contributed by atoms with Crippen molar-refractivity contribution in [3.05, 3.63) is 30.2 Å². The van der Waals surface area contributed by atoms with E-state index in [2.05, 4.69) is 26.5 Å². The highest BCUT2D eigenvalue weighted by atomic mass is 16.2. The number of aromatic nitrogens is 1. The number of hydrazine groups is 1. The van der Waals surface area contributed by atoms with E-state index in [1.807, 2.05) is 0 Å². The Kier molecular flexibility index (Phi) is 4.77. The van der Waals surface area contributed by atoms with Gasteiger partial charge >= 0.3 is 0 Å². The van der Waals surface area contributed by atoms with Gasteiger partial charge in [-0.3, -0.25) is 4.79 Å². The van der Waals surface area contributed by atoms with Crippen LogP contribution in [0.2, 0.25) is 0 Å². The number of carbonyl (C=O) groups is 1.